The van der Waals surface area contributed by atoms with Crippen LogP contribution >= 0.6 is 11.8 Å². The number of hydrogen-bond acceptors (Lipinski definition) is 3. The highest BCUT2D eigenvalue weighted by molar-refractivity contribution is 7.98. The van der Waals surface area contributed by atoms with Gasteiger partial charge in [0.2, 0.25) is 0 Å². The van der Waals surface area contributed by atoms with Crippen molar-refractivity contribution in [3.8, 4) is 5.75 Å². The van der Waals surface area contributed by atoms with E-state index in [1.165, 1.54) is 4.90 Å². The average Bonchev–Trinajstić information content (AvgIpc) is 3.14. The Morgan fingerprint density at radius 2 is 2.06 bits per heavy atom. The molecule has 0 radical (unpaired) electrons. The van der Waals surface area contributed by atoms with E-state index in [2.05, 4.69) is 5.32 Å². The van der Waals surface area contributed by atoms with E-state index in [9.17, 15) is 4.79 Å². The first kappa shape index (κ1) is 12.3. The Balaban J connectivity index is 1.87. The Labute approximate surface area is 106 Å². The van der Waals surface area contributed by atoms with Crippen molar-refractivity contribution in [3.05, 3.63) is 24.3 Å². The first-order valence-corrected chi connectivity index (χ1v) is 7.02. The largest absolute Gasteiger partial charge is 0.481 e. The summed E-state index contributed by atoms with van der Waals surface area (Å²) in [7, 11) is 0. The predicted octanol–water partition coefficient (Wildman–Crippen LogP) is 2.45. The minimum atomic E-state index is -0.435. The fraction of sp³-hybridized carbons (Fsp3) is 0.462. The summed E-state index contributed by atoms with van der Waals surface area (Å²) < 4.78 is 5.58. The van der Waals surface area contributed by atoms with Gasteiger partial charge >= 0.3 is 0 Å². The van der Waals surface area contributed by atoms with Crippen molar-refractivity contribution in [1.82, 2.24) is 5.32 Å². The highest BCUT2D eigenvalue weighted by Gasteiger charge is 2.26. The van der Waals surface area contributed by atoms with Crippen molar-refractivity contribution in [2.24, 2.45) is 0 Å². The van der Waals surface area contributed by atoms with Gasteiger partial charge in [0.1, 0.15) is 5.75 Å². The molecule has 1 amide bonds. The van der Waals surface area contributed by atoms with Crippen LogP contribution in [0.25, 0.3) is 0 Å². The smallest absolute Gasteiger partial charge is 0.260 e. The normalized spacial score (nSPS) is 16.4. The van der Waals surface area contributed by atoms with Gasteiger partial charge in [-0.15, -0.1) is 11.8 Å². The summed E-state index contributed by atoms with van der Waals surface area (Å²) in [6.45, 7) is 1.78. The van der Waals surface area contributed by atoms with Crippen LogP contribution in [-0.4, -0.2) is 24.3 Å². The summed E-state index contributed by atoms with van der Waals surface area (Å²) in [4.78, 5) is 12.9. The summed E-state index contributed by atoms with van der Waals surface area (Å²) >= 11 is 1.68. The third-order valence-electron chi connectivity index (χ3n) is 2.67. The van der Waals surface area contributed by atoms with Crippen LogP contribution in [0.5, 0.6) is 5.75 Å². The Bertz CT molecular complexity index is 387. The van der Waals surface area contributed by atoms with Crippen LogP contribution in [0.3, 0.4) is 0 Å². The molecule has 1 saturated carbocycles. The van der Waals surface area contributed by atoms with Gasteiger partial charge in [0.05, 0.1) is 0 Å². The molecule has 2 rings (SSSR count). The van der Waals surface area contributed by atoms with Crippen molar-refractivity contribution in [2.45, 2.75) is 36.8 Å². The maximum atomic E-state index is 11.7. The molecule has 4 heteroatoms. The molecule has 1 atom stereocenters. The molecule has 0 heterocycles. The molecular weight excluding hydrogens is 234 g/mol. The fourth-order valence-corrected chi connectivity index (χ4v) is 1.87. The van der Waals surface area contributed by atoms with Gasteiger partial charge in [0.15, 0.2) is 6.10 Å². The van der Waals surface area contributed by atoms with Crippen molar-refractivity contribution in [1.29, 1.82) is 0 Å². The number of rotatable bonds is 5. The van der Waals surface area contributed by atoms with Gasteiger partial charge in [-0.3, -0.25) is 4.79 Å². The SMILES string of the molecule is CSc1ccc(OC(C)C(=O)NC2CC2)cc1. The van der Waals surface area contributed by atoms with Crippen LogP contribution in [0.15, 0.2) is 29.2 Å². The lowest BCUT2D eigenvalue weighted by Gasteiger charge is -2.14. The predicted molar refractivity (Wildman–Crippen MR) is 69.5 cm³/mol. The van der Waals surface area contributed by atoms with Crippen LogP contribution in [-0.2, 0) is 4.79 Å². The maximum Gasteiger partial charge on any atom is 0.260 e. The van der Waals surface area contributed by atoms with Crippen molar-refractivity contribution in [2.75, 3.05) is 6.26 Å². The number of nitrogens with one attached hydrogen (secondary N) is 1. The molecule has 1 aromatic rings. The Hall–Kier alpha value is -1.16. The van der Waals surface area contributed by atoms with E-state index in [0.717, 1.165) is 18.6 Å². The van der Waals surface area contributed by atoms with E-state index in [-0.39, 0.29) is 5.91 Å². The van der Waals surface area contributed by atoms with Gasteiger partial charge in [-0.05, 0) is 50.3 Å². The first-order chi connectivity index (χ1) is 8.19. The number of ether oxygens (including phenoxy) is 1. The molecule has 1 N–H and O–H groups in total. The maximum absolute atomic E-state index is 11.7. The van der Waals surface area contributed by atoms with Crippen LogP contribution in [0.2, 0.25) is 0 Å². The Morgan fingerprint density at radius 3 is 2.59 bits per heavy atom. The van der Waals surface area contributed by atoms with Crippen LogP contribution in [0.4, 0.5) is 0 Å². The van der Waals surface area contributed by atoms with Gasteiger partial charge in [-0.1, -0.05) is 0 Å². The molecule has 0 saturated heterocycles. The zero-order valence-electron chi connectivity index (χ0n) is 10.1. The van der Waals surface area contributed by atoms with Gasteiger partial charge in [-0.2, -0.15) is 0 Å². The highest BCUT2D eigenvalue weighted by Crippen LogP contribution is 2.21. The highest BCUT2D eigenvalue weighted by atomic mass is 32.2. The summed E-state index contributed by atoms with van der Waals surface area (Å²) in [5.41, 5.74) is 0. The molecule has 1 aliphatic carbocycles. The van der Waals surface area contributed by atoms with Crippen LogP contribution in [0.1, 0.15) is 19.8 Å². The summed E-state index contributed by atoms with van der Waals surface area (Å²) in [6, 6.07) is 8.16. The summed E-state index contributed by atoms with van der Waals surface area (Å²) in [5.74, 6) is 0.711. The molecule has 0 bridgehead atoms. The molecule has 17 heavy (non-hydrogen) atoms. The van der Waals surface area contributed by atoms with E-state index in [4.69, 9.17) is 4.74 Å². The average molecular weight is 251 g/mol. The zero-order chi connectivity index (χ0) is 12.3. The van der Waals surface area contributed by atoms with Gasteiger partial charge in [0.25, 0.3) is 5.91 Å². The number of hydrogen-bond donors (Lipinski definition) is 1. The quantitative estimate of drug-likeness (QED) is 0.817. The zero-order valence-corrected chi connectivity index (χ0v) is 10.9. The monoisotopic (exact) mass is 251 g/mol. The number of thioether (sulfide) groups is 1. The molecular formula is C13H17NO2S. The summed E-state index contributed by atoms with van der Waals surface area (Å²) in [5, 5.41) is 2.93. The van der Waals surface area contributed by atoms with Crippen molar-refractivity contribution >= 4 is 17.7 Å². The molecule has 1 aliphatic rings. The van der Waals surface area contributed by atoms with Crippen LogP contribution in [0, 0.1) is 0 Å². The van der Waals surface area contributed by atoms with E-state index in [0.29, 0.717) is 6.04 Å². The minimum Gasteiger partial charge on any atom is -0.481 e. The molecule has 1 unspecified atom stereocenters. The second-order valence-electron chi connectivity index (χ2n) is 4.22. The number of benzene rings is 1. The van der Waals surface area contributed by atoms with Gasteiger partial charge < -0.3 is 10.1 Å². The lowest BCUT2D eigenvalue weighted by Crippen LogP contribution is -2.37. The second-order valence-corrected chi connectivity index (χ2v) is 5.10. The third-order valence-corrected chi connectivity index (χ3v) is 3.41. The fourth-order valence-electron chi connectivity index (χ4n) is 1.46. The number of carbonyl (C=O) groups is 1. The number of amides is 1. The Morgan fingerprint density at radius 1 is 1.41 bits per heavy atom. The van der Waals surface area contributed by atoms with Crippen molar-refractivity contribution in [3.63, 3.8) is 0 Å². The number of carbonyl (C=O) groups excluding carboxylic acids is 1. The molecule has 0 aliphatic heterocycles. The van der Waals surface area contributed by atoms with Crippen molar-refractivity contribution < 1.29 is 9.53 Å². The van der Waals surface area contributed by atoms with E-state index in [1.807, 2.05) is 30.5 Å². The minimum absolute atomic E-state index is 0.0264. The molecule has 0 aromatic heterocycles. The molecule has 1 fully saturated rings. The Kier molecular flexibility index (Phi) is 3.94. The molecule has 3 nitrogen and oxygen atoms in total. The molecule has 0 spiro atoms. The molecule has 92 valence electrons. The third kappa shape index (κ3) is 3.66. The van der Waals surface area contributed by atoms with E-state index in [1.54, 1.807) is 18.7 Å². The van der Waals surface area contributed by atoms with E-state index >= 15 is 0 Å². The van der Waals surface area contributed by atoms with Gasteiger partial charge in [-0.25, -0.2) is 0 Å². The van der Waals surface area contributed by atoms with E-state index < -0.39 is 6.10 Å². The lowest BCUT2D eigenvalue weighted by atomic mass is 10.3. The second kappa shape index (κ2) is 5.45. The van der Waals surface area contributed by atoms with Crippen LogP contribution < -0.4 is 10.1 Å². The topological polar surface area (TPSA) is 38.3 Å². The van der Waals surface area contributed by atoms with Gasteiger partial charge in [0, 0.05) is 10.9 Å². The standard InChI is InChI=1S/C13H17NO2S/c1-9(13(15)14-10-3-4-10)16-11-5-7-12(17-2)8-6-11/h5-10H,3-4H2,1-2H3,(H,14,15). The summed E-state index contributed by atoms with van der Waals surface area (Å²) in [6.07, 6.45) is 3.79. The molecule has 1 aromatic carbocycles. The lowest BCUT2D eigenvalue weighted by molar-refractivity contribution is -0.127. The first-order valence-electron chi connectivity index (χ1n) is 5.80.